The SMILES string of the molecule is COc1ccc(NC(=O)NCCNC(=O)c2ccc(Cl)c(Cl)c2)cc1. The van der Waals surface area contributed by atoms with Crippen molar-refractivity contribution in [3.8, 4) is 5.75 Å². The summed E-state index contributed by atoms with van der Waals surface area (Å²) in [6.45, 7) is 0.546. The van der Waals surface area contributed by atoms with Crippen molar-refractivity contribution in [2.24, 2.45) is 0 Å². The second-order valence-corrected chi connectivity index (χ2v) is 5.81. The van der Waals surface area contributed by atoms with Crippen molar-refractivity contribution >= 4 is 40.8 Å². The number of rotatable bonds is 6. The standard InChI is InChI=1S/C17H17Cl2N3O3/c1-25-13-5-3-12(4-6-13)22-17(24)21-9-8-20-16(23)11-2-7-14(18)15(19)10-11/h2-7,10H,8-9H2,1H3,(H,20,23)(H2,21,22,24). The van der Waals surface area contributed by atoms with Crippen LogP contribution in [0, 0.1) is 0 Å². The van der Waals surface area contributed by atoms with E-state index in [-0.39, 0.29) is 25.0 Å². The van der Waals surface area contributed by atoms with Gasteiger partial charge in [-0.15, -0.1) is 0 Å². The summed E-state index contributed by atoms with van der Waals surface area (Å²) in [7, 11) is 1.57. The van der Waals surface area contributed by atoms with E-state index < -0.39 is 0 Å². The smallest absolute Gasteiger partial charge is 0.319 e. The fraction of sp³-hybridized carbons (Fsp3) is 0.176. The average molecular weight is 382 g/mol. The summed E-state index contributed by atoms with van der Waals surface area (Å²) in [6, 6.07) is 11.2. The van der Waals surface area contributed by atoms with Gasteiger partial charge in [-0.2, -0.15) is 0 Å². The molecule has 0 heterocycles. The number of methoxy groups -OCH3 is 1. The lowest BCUT2D eigenvalue weighted by Crippen LogP contribution is -2.36. The Kier molecular flexibility index (Phi) is 6.91. The predicted molar refractivity (Wildman–Crippen MR) is 98.8 cm³/mol. The van der Waals surface area contributed by atoms with Crippen molar-refractivity contribution in [3.63, 3.8) is 0 Å². The number of carbonyl (C=O) groups is 2. The molecule has 0 bridgehead atoms. The van der Waals surface area contributed by atoms with Crippen LogP contribution in [0.25, 0.3) is 0 Å². The first-order valence-electron chi connectivity index (χ1n) is 7.42. The van der Waals surface area contributed by atoms with Gasteiger partial charge in [0.2, 0.25) is 0 Å². The second kappa shape index (κ2) is 9.15. The molecule has 0 fully saturated rings. The fourth-order valence-electron chi connectivity index (χ4n) is 1.94. The highest BCUT2D eigenvalue weighted by atomic mass is 35.5. The number of halogens is 2. The molecular formula is C17H17Cl2N3O3. The molecule has 2 aromatic carbocycles. The third kappa shape index (κ3) is 5.85. The molecule has 25 heavy (non-hydrogen) atoms. The van der Waals surface area contributed by atoms with Crippen LogP contribution in [-0.4, -0.2) is 32.1 Å². The number of hydrogen-bond donors (Lipinski definition) is 3. The van der Waals surface area contributed by atoms with Crippen LogP contribution in [0.5, 0.6) is 5.75 Å². The van der Waals surface area contributed by atoms with E-state index in [0.717, 1.165) is 0 Å². The fourth-order valence-corrected chi connectivity index (χ4v) is 2.24. The summed E-state index contributed by atoms with van der Waals surface area (Å²) in [4.78, 5) is 23.7. The Morgan fingerprint density at radius 2 is 1.64 bits per heavy atom. The maximum Gasteiger partial charge on any atom is 0.319 e. The summed E-state index contributed by atoms with van der Waals surface area (Å²) < 4.78 is 5.04. The van der Waals surface area contributed by atoms with Gasteiger partial charge in [-0.1, -0.05) is 23.2 Å². The number of anilines is 1. The molecule has 0 aliphatic carbocycles. The largest absolute Gasteiger partial charge is 0.497 e. The van der Waals surface area contributed by atoms with E-state index in [9.17, 15) is 9.59 Å². The third-order valence-electron chi connectivity index (χ3n) is 3.23. The minimum atomic E-state index is -0.367. The maximum atomic E-state index is 12.0. The Morgan fingerprint density at radius 1 is 0.960 bits per heavy atom. The molecule has 0 aromatic heterocycles. The minimum absolute atomic E-state index is 0.273. The summed E-state index contributed by atoms with van der Waals surface area (Å²) in [5.41, 5.74) is 1.04. The summed E-state index contributed by atoms with van der Waals surface area (Å²) in [5.74, 6) is 0.409. The Hall–Kier alpha value is -2.44. The molecule has 0 aliphatic heterocycles. The minimum Gasteiger partial charge on any atom is -0.497 e. The van der Waals surface area contributed by atoms with E-state index in [2.05, 4.69) is 16.0 Å². The lowest BCUT2D eigenvalue weighted by atomic mass is 10.2. The number of benzene rings is 2. The van der Waals surface area contributed by atoms with Crippen LogP contribution in [0.15, 0.2) is 42.5 Å². The van der Waals surface area contributed by atoms with E-state index in [1.807, 2.05) is 0 Å². The van der Waals surface area contributed by atoms with Crippen molar-refractivity contribution in [3.05, 3.63) is 58.1 Å². The van der Waals surface area contributed by atoms with Gasteiger partial charge in [0.15, 0.2) is 0 Å². The Labute approximate surface area is 155 Å². The van der Waals surface area contributed by atoms with Crippen molar-refractivity contribution in [1.82, 2.24) is 10.6 Å². The zero-order chi connectivity index (χ0) is 18.2. The quantitative estimate of drug-likeness (QED) is 0.669. The second-order valence-electron chi connectivity index (χ2n) is 4.99. The lowest BCUT2D eigenvalue weighted by molar-refractivity contribution is 0.0954. The molecule has 0 atom stereocenters. The third-order valence-corrected chi connectivity index (χ3v) is 3.96. The molecule has 6 nitrogen and oxygen atoms in total. The maximum absolute atomic E-state index is 12.0. The van der Waals surface area contributed by atoms with Crippen molar-refractivity contribution < 1.29 is 14.3 Å². The van der Waals surface area contributed by atoms with E-state index in [1.165, 1.54) is 6.07 Å². The van der Waals surface area contributed by atoms with Crippen LogP contribution in [0.4, 0.5) is 10.5 Å². The van der Waals surface area contributed by atoms with E-state index in [0.29, 0.717) is 27.0 Å². The average Bonchev–Trinajstić information content (AvgIpc) is 2.61. The van der Waals surface area contributed by atoms with Gasteiger partial charge in [0.25, 0.3) is 5.91 Å². The van der Waals surface area contributed by atoms with Crippen LogP contribution in [-0.2, 0) is 0 Å². The molecule has 0 unspecified atom stereocenters. The summed E-state index contributed by atoms with van der Waals surface area (Å²) >= 11 is 11.7. The highest BCUT2D eigenvalue weighted by Gasteiger charge is 2.08. The summed E-state index contributed by atoms with van der Waals surface area (Å²) in [6.07, 6.45) is 0. The van der Waals surface area contributed by atoms with E-state index in [4.69, 9.17) is 27.9 Å². The van der Waals surface area contributed by atoms with Crippen LogP contribution >= 0.6 is 23.2 Å². The monoisotopic (exact) mass is 381 g/mol. The number of carbonyl (C=O) groups excluding carboxylic acids is 2. The molecule has 2 aromatic rings. The van der Waals surface area contributed by atoms with Gasteiger partial charge in [0.05, 0.1) is 17.2 Å². The highest BCUT2D eigenvalue weighted by Crippen LogP contribution is 2.22. The molecule has 2 rings (SSSR count). The Bertz CT molecular complexity index is 751. The van der Waals surface area contributed by atoms with Crippen molar-refractivity contribution in [2.75, 3.05) is 25.5 Å². The first-order valence-corrected chi connectivity index (χ1v) is 8.17. The molecule has 0 radical (unpaired) electrons. The number of hydrogen-bond acceptors (Lipinski definition) is 3. The molecule has 0 aliphatic rings. The van der Waals surface area contributed by atoms with Gasteiger partial charge in [0.1, 0.15) is 5.75 Å². The van der Waals surface area contributed by atoms with Gasteiger partial charge >= 0.3 is 6.03 Å². The van der Waals surface area contributed by atoms with Crippen LogP contribution in [0.1, 0.15) is 10.4 Å². The first-order chi connectivity index (χ1) is 12.0. The first kappa shape index (κ1) is 18.9. The van der Waals surface area contributed by atoms with E-state index in [1.54, 1.807) is 43.5 Å². The van der Waals surface area contributed by atoms with Gasteiger partial charge < -0.3 is 20.7 Å². The van der Waals surface area contributed by atoms with Crippen molar-refractivity contribution in [2.45, 2.75) is 0 Å². The van der Waals surface area contributed by atoms with Crippen LogP contribution in [0.3, 0.4) is 0 Å². The van der Waals surface area contributed by atoms with Gasteiger partial charge in [-0.25, -0.2) is 4.79 Å². The van der Waals surface area contributed by atoms with Gasteiger partial charge in [-0.3, -0.25) is 4.79 Å². The van der Waals surface area contributed by atoms with E-state index >= 15 is 0 Å². The molecule has 0 spiro atoms. The van der Waals surface area contributed by atoms with Crippen molar-refractivity contribution in [1.29, 1.82) is 0 Å². The molecular weight excluding hydrogens is 365 g/mol. The van der Waals surface area contributed by atoms with Gasteiger partial charge in [-0.05, 0) is 42.5 Å². The molecule has 132 valence electrons. The number of urea groups is 1. The van der Waals surface area contributed by atoms with Crippen LogP contribution in [0.2, 0.25) is 10.0 Å². The normalized spacial score (nSPS) is 10.0. The summed E-state index contributed by atoms with van der Waals surface area (Å²) in [5, 5.41) is 8.70. The number of ether oxygens (including phenoxy) is 1. The number of nitrogens with one attached hydrogen (secondary N) is 3. The zero-order valence-corrected chi connectivity index (χ0v) is 14.9. The molecule has 0 saturated heterocycles. The molecule has 0 saturated carbocycles. The Balaban J connectivity index is 1.71. The molecule has 3 N–H and O–H groups in total. The topological polar surface area (TPSA) is 79.5 Å². The van der Waals surface area contributed by atoms with Crippen LogP contribution < -0.4 is 20.7 Å². The molecule has 3 amide bonds. The lowest BCUT2D eigenvalue weighted by Gasteiger charge is -2.09. The Morgan fingerprint density at radius 3 is 2.28 bits per heavy atom. The molecule has 8 heteroatoms. The number of amides is 3. The highest BCUT2D eigenvalue weighted by molar-refractivity contribution is 6.42. The van der Waals surface area contributed by atoms with Gasteiger partial charge in [0, 0.05) is 24.3 Å². The zero-order valence-electron chi connectivity index (χ0n) is 13.4. The predicted octanol–water partition coefficient (Wildman–Crippen LogP) is 3.55.